The van der Waals surface area contributed by atoms with Gasteiger partial charge in [0, 0.05) is 0 Å². The van der Waals surface area contributed by atoms with Gasteiger partial charge in [-0.3, -0.25) is 0 Å². The summed E-state index contributed by atoms with van der Waals surface area (Å²) in [7, 11) is 0. The summed E-state index contributed by atoms with van der Waals surface area (Å²) < 4.78 is 13.7. The summed E-state index contributed by atoms with van der Waals surface area (Å²) in [4.78, 5) is 14.7. The molecule has 2 N–H and O–H groups in total. The topological polar surface area (TPSA) is 86.0 Å². The molecule has 1 aromatic heterocycles. The number of hydrogen-bond donors (Lipinski definition) is 2. The van der Waals surface area contributed by atoms with Crippen LogP contribution in [0.25, 0.3) is 0 Å². The van der Waals surface area contributed by atoms with Crippen LogP contribution >= 0.6 is 11.6 Å². The molecule has 0 aliphatic rings. The number of nitrogens with zero attached hydrogens (tertiary/aromatic N) is 2. The molecule has 0 atom stereocenters. The SMILES string of the molecule is N#Cc1ccc(Nc2ccc(Cl)c(C(=O)O)n2)c(F)c1. The minimum Gasteiger partial charge on any atom is -0.476 e. The molecule has 0 unspecified atom stereocenters. The standard InChI is InChI=1S/C13H7ClFN3O2/c14-8-2-4-11(18-12(8)13(19)20)17-10-3-1-7(6-16)5-9(10)15/h1-5H,(H,17,18)(H,19,20). The fourth-order valence-electron chi connectivity index (χ4n) is 1.49. The van der Waals surface area contributed by atoms with Gasteiger partial charge in [-0.05, 0) is 30.3 Å². The molecule has 5 nitrogen and oxygen atoms in total. The van der Waals surface area contributed by atoms with Crippen molar-refractivity contribution in [3.8, 4) is 6.07 Å². The van der Waals surface area contributed by atoms with Gasteiger partial charge in [-0.1, -0.05) is 11.6 Å². The van der Waals surface area contributed by atoms with Crippen molar-refractivity contribution in [1.82, 2.24) is 4.98 Å². The molecule has 0 saturated heterocycles. The van der Waals surface area contributed by atoms with E-state index in [1.807, 2.05) is 6.07 Å². The van der Waals surface area contributed by atoms with Crippen LogP contribution in [0.2, 0.25) is 5.02 Å². The summed E-state index contributed by atoms with van der Waals surface area (Å²) in [6, 6.07) is 8.45. The lowest BCUT2D eigenvalue weighted by Crippen LogP contribution is -2.04. The lowest BCUT2D eigenvalue weighted by atomic mass is 10.2. The second kappa shape index (κ2) is 5.55. The molecule has 0 fully saturated rings. The number of rotatable bonds is 3. The summed E-state index contributed by atoms with van der Waals surface area (Å²) in [6.45, 7) is 0. The lowest BCUT2D eigenvalue weighted by Gasteiger charge is -2.08. The van der Waals surface area contributed by atoms with Gasteiger partial charge in [-0.2, -0.15) is 5.26 Å². The highest BCUT2D eigenvalue weighted by atomic mass is 35.5. The molecule has 7 heteroatoms. The van der Waals surface area contributed by atoms with E-state index in [0.29, 0.717) is 0 Å². The average Bonchev–Trinajstić information content (AvgIpc) is 2.42. The number of pyridine rings is 1. The first-order valence-corrected chi connectivity index (χ1v) is 5.75. The molecule has 1 aromatic carbocycles. The van der Waals surface area contributed by atoms with Gasteiger partial charge in [-0.15, -0.1) is 0 Å². The molecule has 20 heavy (non-hydrogen) atoms. The minimum atomic E-state index is -1.28. The van der Waals surface area contributed by atoms with Crippen molar-refractivity contribution in [2.75, 3.05) is 5.32 Å². The Hall–Kier alpha value is -2.65. The van der Waals surface area contributed by atoms with Crippen molar-refractivity contribution >= 4 is 29.1 Å². The van der Waals surface area contributed by atoms with Crippen LogP contribution < -0.4 is 5.32 Å². The van der Waals surface area contributed by atoms with Crippen LogP contribution in [0.15, 0.2) is 30.3 Å². The Morgan fingerprint density at radius 3 is 2.75 bits per heavy atom. The van der Waals surface area contributed by atoms with Crippen LogP contribution in [0.3, 0.4) is 0 Å². The van der Waals surface area contributed by atoms with Gasteiger partial charge in [0.1, 0.15) is 11.6 Å². The Balaban J connectivity index is 2.33. The number of benzene rings is 1. The minimum absolute atomic E-state index is 0.0108. The van der Waals surface area contributed by atoms with E-state index in [1.165, 1.54) is 24.3 Å². The van der Waals surface area contributed by atoms with Gasteiger partial charge in [0.25, 0.3) is 0 Å². The van der Waals surface area contributed by atoms with Crippen LogP contribution in [-0.4, -0.2) is 16.1 Å². The van der Waals surface area contributed by atoms with Gasteiger partial charge in [-0.25, -0.2) is 14.2 Å². The van der Waals surface area contributed by atoms with Gasteiger partial charge >= 0.3 is 5.97 Å². The Bertz CT molecular complexity index is 728. The number of hydrogen-bond acceptors (Lipinski definition) is 4. The fourth-order valence-corrected chi connectivity index (χ4v) is 1.67. The quantitative estimate of drug-likeness (QED) is 0.907. The van der Waals surface area contributed by atoms with E-state index in [0.717, 1.165) is 6.07 Å². The molecule has 1 heterocycles. The number of nitrogens with one attached hydrogen (secondary N) is 1. The summed E-state index contributed by atoms with van der Waals surface area (Å²) in [5.74, 6) is -1.79. The average molecular weight is 292 g/mol. The predicted molar refractivity (Wildman–Crippen MR) is 70.6 cm³/mol. The van der Waals surface area contributed by atoms with Crippen molar-refractivity contribution < 1.29 is 14.3 Å². The van der Waals surface area contributed by atoms with Gasteiger partial charge in [0.2, 0.25) is 0 Å². The Kier molecular flexibility index (Phi) is 3.82. The smallest absolute Gasteiger partial charge is 0.356 e. The highest BCUT2D eigenvalue weighted by molar-refractivity contribution is 6.33. The van der Waals surface area contributed by atoms with Crippen LogP contribution in [0, 0.1) is 17.1 Å². The number of halogens is 2. The normalized spacial score (nSPS) is 9.85. The van der Waals surface area contributed by atoms with Gasteiger partial charge in [0.15, 0.2) is 5.69 Å². The van der Waals surface area contributed by atoms with Crippen LogP contribution in [0.1, 0.15) is 16.1 Å². The largest absolute Gasteiger partial charge is 0.476 e. The van der Waals surface area contributed by atoms with E-state index < -0.39 is 11.8 Å². The number of anilines is 2. The molecule has 100 valence electrons. The highest BCUT2D eigenvalue weighted by Crippen LogP contribution is 2.22. The monoisotopic (exact) mass is 291 g/mol. The lowest BCUT2D eigenvalue weighted by molar-refractivity contribution is 0.0691. The highest BCUT2D eigenvalue weighted by Gasteiger charge is 2.12. The number of carboxylic acids is 1. The van der Waals surface area contributed by atoms with E-state index >= 15 is 0 Å². The third-order valence-electron chi connectivity index (χ3n) is 2.41. The van der Waals surface area contributed by atoms with Crippen molar-refractivity contribution in [3.05, 3.63) is 52.4 Å². The Morgan fingerprint density at radius 2 is 2.15 bits per heavy atom. The van der Waals surface area contributed by atoms with E-state index in [4.69, 9.17) is 22.0 Å². The molecular weight excluding hydrogens is 285 g/mol. The van der Waals surface area contributed by atoms with Gasteiger partial charge < -0.3 is 10.4 Å². The van der Waals surface area contributed by atoms with Crippen molar-refractivity contribution in [2.45, 2.75) is 0 Å². The zero-order valence-electron chi connectivity index (χ0n) is 9.89. The predicted octanol–water partition coefficient (Wildman–Crippen LogP) is 3.19. The molecule has 2 rings (SSSR count). The van der Waals surface area contributed by atoms with E-state index in [9.17, 15) is 9.18 Å². The van der Waals surface area contributed by atoms with E-state index in [1.54, 1.807) is 0 Å². The number of nitriles is 1. The van der Waals surface area contributed by atoms with E-state index in [-0.39, 0.29) is 27.8 Å². The molecular formula is C13H7ClFN3O2. The summed E-state index contributed by atoms with van der Waals surface area (Å²) >= 11 is 5.68. The molecule has 0 bridgehead atoms. The number of carbonyl (C=O) groups is 1. The third kappa shape index (κ3) is 2.84. The Labute approximate surface area is 118 Å². The summed E-state index contributed by atoms with van der Waals surface area (Å²) in [5.41, 5.74) is -0.0655. The Morgan fingerprint density at radius 1 is 1.40 bits per heavy atom. The zero-order chi connectivity index (χ0) is 14.7. The van der Waals surface area contributed by atoms with Gasteiger partial charge in [0.05, 0.1) is 22.3 Å². The van der Waals surface area contributed by atoms with Crippen molar-refractivity contribution in [3.63, 3.8) is 0 Å². The molecule has 0 radical (unpaired) electrons. The second-order valence-electron chi connectivity index (χ2n) is 3.76. The fraction of sp³-hybridized carbons (Fsp3) is 0. The van der Waals surface area contributed by atoms with Crippen molar-refractivity contribution in [2.24, 2.45) is 0 Å². The molecule has 0 amide bonds. The van der Waals surface area contributed by atoms with Crippen LogP contribution in [0.5, 0.6) is 0 Å². The number of aromatic nitrogens is 1. The first-order valence-electron chi connectivity index (χ1n) is 5.38. The first-order chi connectivity index (χ1) is 9.51. The molecule has 0 spiro atoms. The maximum absolute atomic E-state index is 13.7. The zero-order valence-corrected chi connectivity index (χ0v) is 10.6. The number of aromatic carboxylic acids is 1. The molecule has 2 aromatic rings. The summed E-state index contributed by atoms with van der Waals surface area (Å²) in [6.07, 6.45) is 0. The molecule has 0 aliphatic carbocycles. The summed E-state index contributed by atoms with van der Waals surface area (Å²) in [5, 5.41) is 20.2. The van der Waals surface area contributed by atoms with Crippen LogP contribution in [0.4, 0.5) is 15.9 Å². The maximum Gasteiger partial charge on any atom is 0.356 e. The maximum atomic E-state index is 13.7. The van der Waals surface area contributed by atoms with Crippen molar-refractivity contribution in [1.29, 1.82) is 5.26 Å². The van der Waals surface area contributed by atoms with Crippen LogP contribution in [-0.2, 0) is 0 Å². The third-order valence-corrected chi connectivity index (χ3v) is 2.71. The second-order valence-corrected chi connectivity index (χ2v) is 4.17. The first kappa shape index (κ1) is 13.8. The molecule has 0 aliphatic heterocycles. The van der Waals surface area contributed by atoms with E-state index in [2.05, 4.69) is 10.3 Å². The number of carboxylic acid groups (broad SMARTS) is 1. The molecule has 0 saturated carbocycles.